The standard InChI is InChI=1S/C20H25N3O/c1-3-24-19-11-9-18(10-12-19)21-20(17-7-5-4-6-8-17)23-15-13-22(2)14-16-23/h4-12H,3,13-16H2,1-2H3. The van der Waals surface area contributed by atoms with E-state index in [1.165, 1.54) is 0 Å². The largest absolute Gasteiger partial charge is 0.494 e. The van der Waals surface area contributed by atoms with E-state index in [1.807, 2.05) is 37.3 Å². The average molecular weight is 323 g/mol. The summed E-state index contributed by atoms with van der Waals surface area (Å²) in [5.41, 5.74) is 2.12. The van der Waals surface area contributed by atoms with Gasteiger partial charge in [0.1, 0.15) is 11.6 Å². The Morgan fingerprint density at radius 3 is 2.25 bits per heavy atom. The molecule has 4 nitrogen and oxygen atoms in total. The molecule has 4 heteroatoms. The molecular weight excluding hydrogens is 298 g/mol. The monoisotopic (exact) mass is 323 g/mol. The SMILES string of the molecule is CCOc1ccc(N=C(c2ccccc2)N2CCN(C)CC2)cc1. The second-order valence-electron chi connectivity index (χ2n) is 6.02. The van der Waals surface area contributed by atoms with Crippen LogP contribution < -0.4 is 4.74 Å². The van der Waals surface area contributed by atoms with Crippen LogP contribution in [0.3, 0.4) is 0 Å². The Bertz CT molecular complexity index is 659. The van der Waals surface area contributed by atoms with Crippen LogP contribution in [0.15, 0.2) is 59.6 Å². The quantitative estimate of drug-likeness (QED) is 0.637. The average Bonchev–Trinajstić information content (AvgIpc) is 2.63. The summed E-state index contributed by atoms with van der Waals surface area (Å²) in [7, 11) is 2.17. The van der Waals surface area contributed by atoms with Gasteiger partial charge in [-0.2, -0.15) is 0 Å². The second-order valence-corrected chi connectivity index (χ2v) is 6.02. The number of benzene rings is 2. The maximum Gasteiger partial charge on any atom is 0.136 e. The Kier molecular flexibility index (Phi) is 5.49. The van der Waals surface area contributed by atoms with Crippen molar-refractivity contribution in [3.63, 3.8) is 0 Å². The van der Waals surface area contributed by atoms with Crippen LogP contribution in [-0.4, -0.2) is 55.5 Å². The zero-order valence-electron chi connectivity index (χ0n) is 14.5. The van der Waals surface area contributed by atoms with Gasteiger partial charge in [0.25, 0.3) is 0 Å². The summed E-state index contributed by atoms with van der Waals surface area (Å²) in [4.78, 5) is 9.69. The van der Waals surface area contributed by atoms with E-state index in [0.29, 0.717) is 6.61 Å². The van der Waals surface area contributed by atoms with Crippen molar-refractivity contribution in [1.29, 1.82) is 0 Å². The molecule has 2 aromatic rings. The van der Waals surface area contributed by atoms with E-state index in [2.05, 4.69) is 41.1 Å². The van der Waals surface area contributed by atoms with Crippen LogP contribution in [0.5, 0.6) is 5.75 Å². The van der Waals surface area contributed by atoms with Crippen LogP contribution in [0.1, 0.15) is 12.5 Å². The number of hydrogen-bond donors (Lipinski definition) is 0. The van der Waals surface area contributed by atoms with Gasteiger partial charge in [-0.15, -0.1) is 0 Å². The van der Waals surface area contributed by atoms with Gasteiger partial charge in [-0.3, -0.25) is 0 Å². The molecule has 0 saturated carbocycles. The minimum atomic E-state index is 0.680. The summed E-state index contributed by atoms with van der Waals surface area (Å²) in [5, 5.41) is 0. The zero-order chi connectivity index (χ0) is 16.8. The molecule has 0 radical (unpaired) electrons. The Morgan fingerprint density at radius 2 is 1.62 bits per heavy atom. The van der Waals surface area contributed by atoms with Crippen molar-refractivity contribution >= 4 is 11.5 Å². The molecule has 0 amide bonds. The first kappa shape index (κ1) is 16.5. The van der Waals surface area contributed by atoms with Gasteiger partial charge < -0.3 is 14.5 Å². The van der Waals surface area contributed by atoms with E-state index in [0.717, 1.165) is 49.0 Å². The van der Waals surface area contributed by atoms with E-state index >= 15 is 0 Å². The van der Waals surface area contributed by atoms with E-state index in [9.17, 15) is 0 Å². The summed E-state index contributed by atoms with van der Waals surface area (Å²) < 4.78 is 5.51. The van der Waals surface area contributed by atoms with Gasteiger partial charge in [0, 0.05) is 31.7 Å². The maximum absolute atomic E-state index is 5.51. The number of piperazine rings is 1. The third-order valence-electron chi connectivity index (χ3n) is 4.22. The molecule has 3 rings (SSSR count). The van der Waals surface area contributed by atoms with Crippen LogP contribution in [0.25, 0.3) is 0 Å². The normalized spacial score (nSPS) is 16.2. The fraction of sp³-hybridized carbons (Fsp3) is 0.350. The van der Waals surface area contributed by atoms with E-state index in [-0.39, 0.29) is 0 Å². The molecule has 0 N–H and O–H groups in total. The van der Waals surface area contributed by atoms with Gasteiger partial charge in [-0.05, 0) is 38.2 Å². The van der Waals surface area contributed by atoms with E-state index in [1.54, 1.807) is 0 Å². The van der Waals surface area contributed by atoms with Crippen molar-refractivity contribution in [2.75, 3.05) is 39.8 Å². The lowest BCUT2D eigenvalue weighted by molar-refractivity contribution is 0.216. The zero-order valence-corrected chi connectivity index (χ0v) is 14.5. The molecule has 0 aliphatic carbocycles. The molecule has 1 heterocycles. The van der Waals surface area contributed by atoms with Crippen LogP contribution in [0.4, 0.5) is 5.69 Å². The Morgan fingerprint density at radius 1 is 0.958 bits per heavy atom. The van der Waals surface area contributed by atoms with Crippen molar-refractivity contribution in [2.24, 2.45) is 4.99 Å². The maximum atomic E-state index is 5.51. The number of nitrogens with zero attached hydrogens (tertiary/aromatic N) is 3. The summed E-state index contributed by atoms with van der Waals surface area (Å²) in [6.45, 7) is 6.80. The van der Waals surface area contributed by atoms with Gasteiger partial charge in [-0.1, -0.05) is 30.3 Å². The molecule has 126 valence electrons. The molecule has 2 aromatic carbocycles. The number of likely N-dealkylation sites (N-methyl/N-ethyl adjacent to an activating group) is 1. The Balaban J connectivity index is 1.89. The van der Waals surface area contributed by atoms with Gasteiger partial charge in [0.15, 0.2) is 0 Å². The fourth-order valence-corrected chi connectivity index (χ4v) is 2.83. The van der Waals surface area contributed by atoms with Gasteiger partial charge >= 0.3 is 0 Å². The smallest absolute Gasteiger partial charge is 0.136 e. The summed E-state index contributed by atoms with van der Waals surface area (Å²) in [6.07, 6.45) is 0. The molecule has 0 atom stereocenters. The third-order valence-corrected chi connectivity index (χ3v) is 4.22. The molecule has 0 bridgehead atoms. The minimum Gasteiger partial charge on any atom is -0.494 e. The van der Waals surface area contributed by atoms with E-state index in [4.69, 9.17) is 9.73 Å². The molecule has 0 aromatic heterocycles. The highest BCUT2D eigenvalue weighted by atomic mass is 16.5. The lowest BCUT2D eigenvalue weighted by atomic mass is 10.1. The molecule has 24 heavy (non-hydrogen) atoms. The minimum absolute atomic E-state index is 0.680. The van der Waals surface area contributed by atoms with Gasteiger partial charge in [-0.25, -0.2) is 4.99 Å². The van der Waals surface area contributed by atoms with E-state index < -0.39 is 0 Å². The molecule has 1 fully saturated rings. The van der Waals surface area contributed by atoms with Crippen LogP contribution in [0.2, 0.25) is 0 Å². The highest BCUT2D eigenvalue weighted by Gasteiger charge is 2.18. The van der Waals surface area contributed by atoms with Crippen molar-refractivity contribution in [3.05, 3.63) is 60.2 Å². The molecule has 1 aliphatic rings. The molecule has 1 aliphatic heterocycles. The van der Waals surface area contributed by atoms with Gasteiger partial charge in [0.05, 0.1) is 12.3 Å². The highest BCUT2D eigenvalue weighted by molar-refractivity contribution is 6.00. The lowest BCUT2D eigenvalue weighted by Gasteiger charge is -2.34. The van der Waals surface area contributed by atoms with Gasteiger partial charge in [0.2, 0.25) is 0 Å². The molecular formula is C20H25N3O. The van der Waals surface area contributed by atoms with Crippen molar-refractivity contribution < 1.29 is 4.74 Å². The summed E-state index contributed by atoms with van der Waals surface area (Å²) in [6, 6.07) is 18.4. The highest BCUT2D eigenvalue weighted by Crippen LogP contribution is 2.21. The molecule has 0 spiro atoms. The first-order valence-electron chi connectivity index (χ1n) is 8.56. The second kappa shape index (κ2) is 7.97. The van der Waals surface area contributed by atoms with Crippen LogP contribution in [0, 0.1) is 0 Å². The summed E-state index contributed by atoms with van der Waals surface area (Å²) >= 11 is 0. The van der Waals surface area contributed by atoms with Crippen molar-refractivity contribution in [1.82, 2.24) is 9.80 Å². The Hall–Kier alpha value is -2.33. The number of aliphatic imine (C=N–C) groups is 1. The predicted octanol–water partition coefficient (Wildman–Crippen LogP) is 3.41. The van der Waals surface area contributed by atoms with Crippen LogP contribution >= 0.6 is 0 Å². The third kappa shape index (κ3) is 4.15. The number of ether oxygens (including phenoxy) is 1. The van der Waals surface area contributed by atoms with Crippen molar-refractivity contribution in [2.45, 2.75) is 6.92 Å². The predicted molar refractivity (Wildman–Crippen MR) is 99.3 cm³/mol. The molecule has 1 saturated heterocycles. The first-order chi connectivity index (χ1) is 11.8. The van der Waals surface area contributed by atoms with Crippen LogP contribution in [-0.2, 0) is 0 Å². The first-order valence-corrected chi connectivity index (χ1v) is 8.56. The number of rotatable bonds is 4. The lowest BCUT2D eigenvalue weighted by Crippen LogP contribution is -2.47. The topological polar surface area (TPSA) is 28.1 Å². The number of hydrogen-bond acceptors (Lipinski definition) is 3. The molecule has 0 unspecified atom stereocenters. The number of amidine groups is 1. The fourth-order valence-electron chi connectivity index (χ4n) is 2.83. The summed E-state index contributed by atoms with van der Waals surface area (Å²) in [5.74, 6) is 1.94. The Labute approximate surface area is 144 Å². The van der Waals surface area contributed by atoms with Crippen molar-refractivity contribution in [3.8, 4) is 5.75 Å².